The Morgan fingerprint density at radius 2 is 1.46 bits per heavy atom. The minimum absolute atomic E-state index is 0.0965. The number of carboxylic acids is 3. The van der Waals surface area contributed by atoms with Gasteiger partial charge in [-0.25, -0.2) is 9.59 Å². The molecular weight excluding hydrogens is 666 g/mol. The van der Waals surface area contributed by atoms with Crippen LogP contribution in [0.25, 0.3) is 0 Å². The van der Waals surface area contributed by atoms with Crippen LogP contribution in [-0.2, 0) is 30.4 Å². The second-order valence-electron chi connectivity index (χ2n) is 14.0. The lowest BCUT2D eigenvalue weighted by atomic mass is 9.82. The van der Waals surface area contributed by atoms with Crippen LogP contribution < -0.4 is 10.1 Å². The third-order valence-electron chi connectivity index (χ3n) is 8.11. The first-order valence-electron chi connectivity index (χ1n) is 18.2. The lowest BCUT2D eigenvalue weighted by Gasteiger charge is -2.29. The smallest absolute Gasteiger partial charge is 0.337 e. The number of aliphatic hydroxyl groups is 1. The van der Waals surface area contributed by atoms with E-state index in [1.54, 1.807) is 24.3 Å². The van der Waals surface area contributed by atoms with Crippen LogP contribution in [-0.4, -0.2) is 68.3 Å². The Morgan fingerprint density at radius 3 is 2.02 bits per heavy atom. The zero-order valence-corrected chi connectivity index (χ0v) is 31.2. The van der Waals surface area contributed by atoms with Crippen molar-refractivity contribution in [2.24, 2.45) is 11.3 Å². The van der Waals surface area contributed by atoms with Gasteiger partial charge in [-0.1, -0.05) is 93.4 Å². The average molecular weight is 724 g/mol. The van der Waals surface area contributed by atoms with Crippen LogP contribution in [0.1, 0.15) is 123 Å². The van der Waals surface area contributed by atoms with E-state index in [0.717, 1.165) is 51.0 Å². The molecule has 0 saturated carbocycles. The molecule has 1 aromatic carbocycles. The molecule has 1 amide bonds. The number of rotatable bonds is 25. The van der Waals surface area contributed by atoms with Crippen molar-refractivity contribution in [3.63, 3.8) is 0 Å². The van der Waals surface area contributed by atoms with E-state index < -0.39 is 47.8 Å². The highest BCUT2D eigenvalue weighted by molar-refractivity contribution is 5.94. The van der Waals surface area contributed by atoms with Gasteiger partial charge in [-0.3, -0.25) is 14.4 Å². The molecule has 286 valence electrons. The van der Waals surface area contributed by atoms with Gasteiger partial charge in [0.2, 0.25) is 5.91 Å². The van der Waals surface area contributed by atoms with Gasteiger partial charge >= 0.3 is 17.9 Å². The quantitative estimate of drug-likeness (QED) is 0.0432. The number of amides is 1. The summed E-state index contributed by atoms with van der Waals surface area (Å²) in [7, 11) is 0. The van der Waals surface area contributed by atoms with Crippen LogP contribution in [0.2, 0.25) is 0 Å². The van der Waals surface area contributed by atoms with Gasteiger partial charge in [0.25, 0.3) is 0 Å². The molecular formula is C41H57NO10. The van der Waals surface area contributed by atoms with E-state index in [-0.39, 0.29) is 24.2 Å². The first-order chi connectivity index (χ1) is 24.6. The fourth-order valence-corrected chi connectivity index (χ4v) is 5.24. The zero-order valence-electron chi connectivity index (χ0n) is 31.2. The summed E-state index contributed by atoms with van der Waals surface area (Å²) < 4.78 is 5.59. The molecule has 0 spiro atoms. The maximum Gasteiger partial charge on any atom is 0.337 e. The van der Waals surface area contributed by atoms with E-state index in [9.17, 15) is 44.4 Å². The molecule has 3 unspecified atom stereocenters. The minimum atomic E-state index is -3.03. The molecule has 1 aromatic rings. The standard InChI is InChI=1S/C41H57NO10/c1-5-6-7-10-15-20-32(43)21-16-11-8-9-12-17-22-34(41(51,39(49)50)30-36(44)45)37(46)42-35(38(47)48)29-31-23-25-33(26-24-31)52-28-19-14-13-18-27-40(2,3)4/h17,22-26,34-35,51H,5-13,15-16,20-21,28-30H2,1-4H3,(H,42,46)(H,44,45)(H,47,48)(H,49,50)/b22-17+. The first-order valence-corrected chi connectivity index (χ1v) is 18.2. The fraction of sp³-hybridized carbons (Fsp3) is 0.585. The molecule has 0 fully saturated rings. The average Bonchev–Trinajstić information content (AvgIpc) is 3.06. The van der Waals surface area contributed by atoms with E-state index in [0.29, 0.717) is 43.4 Å². The molecule has 11 nitrogen and oxygen atoms in total. The summed E-state index contributed by atoms with van der Waals surface area (Å²) >= 11 is 0. The Hall–Kier alpha value is -4.61. The number of carbonyl (C=O) groups excluding carboxylic acids is 2. The Bertz CT molecular complexity index is 1450. The summed E-state index contributed by atoms with van der Waals surface area (Å²) in [6, 6.07) is 4.94. The summed E-state index contributed by atoms with van der Waals surface area (Å²) in [5.41, 5.74) is -2.61. The number of aliphatic carboxylic acids is 3. The van der Waals surface area contributed by atoms with Gasteiger partial charge < -0.3 is 30.5 Å². The van der Waals surface area contributed by atoms with Crippen molar-refractivity contribution in [3.05, 3.63) is 42.0 Å². The molecule has 0 saturated heterocycles. The third kappa shape index (κ3) is 19.7. The number of unbranched alkanes of at least 4 members (excludes halogenated alkanes) is 8. The normalized spacial score (nSPS) is 13.4. The van der Waals surface area contributed by atoms with Gasteiger partial charge in [0, 0.05) is 24.7 Å². The molecule has 0 aromatic heterocycles. The van der Waals surface area contributed by atoms with Gasteiger partial charge in [0.15, 0.2) is 5.60 Å². The molecule has 5 N–H and O–H groups in total. The number of hydrogen-bond donors (Lipinski definition) is 5. The second-order valence-corrected chi connectivity index (χ2v) is 14.0. The lowest BCUT2D eigenvalue weighted by Crippen LogP contribution is -2.55. The Morgan fingerprint density at radius 1 is 0.846 bits per heavy atom. The van der Waals surface area contributed by atoms with Gasteiger partial charge in [-0.15, -0.1) is 0 Å². The van der Waals surface area contributed by atoms with Crippen LogP contribution in [0.4, 0.5) is 0 Å². The van der Waals surface area contributed by atoms with Crippen LogP contribution in [0.3, 0.4) is 0 Å². The predicted octanol–water partition coefficient (Wildman–Crippen LogP) is 6.35. The van der Waals surface area contributed by atoms with Crippen molar-refractivity contribution in [3.8, 4) is 29.4 Å². The molecule has 0 aliphatic heterocycles. The highest BCUT2D eigenvalue weighted by atomic mass is 16.5. The van der Waals surface area contributed by atoms with Crippen LogP contribution in [0.5, 0.6) is 5.75 Å². The van der Waals surface area contributed by atoms with Gasteiger partial charge in [-0.2, -0.15) is 0 Å². The number of hydrogen-bond acceptors (Lipinski definition) is 7. The number of ketones is 1. The highest BCUT2D eigenvalue weighted by Gasteiger charge is 2.49. The Labute approximate surface area is 308 Å². The van der Waals surface area contributed by atoms with Crippen LogP contribution in [0, 0.1) is 35.0 Å². The first kappa shape index (κ1) is 45.4. The summed E-state index contributed by atoms with van der Waals surface area (Å²) in [6.07, 6.45) is 11.6. The Balaban J connectivity index is 2.83. The monoisotopic (exact) mass is 723 g/mol. The highest BCUT2D eigenvalue weighted by Crippen LogP contribution is 2.26. The summed E-state index contributed by atoms with van der Waals surface area (Å²) in [6.45, 7) is 8.31. The number of benzene rings is 1. The van der Waals surface area contributed by atoms with E-state index in [1.165, 1.54) is 12.5 Å². The molecule has 0 radical (unpaired) electrons. The molecule has 0 aliphatic carbocycles. The molecule has 3 atom stereocenters. The Kier molecular flexibility index (Phi) is 21.4. The van der Waals surface area contributed by atoms with Gasteiger partial charge in [0.1, 0.15) is 24.2 Å². The van der Waals surface area contributed by atoms with Crippen molar-refractivity contribution in [2.75, 3.05) is 6.61 Å². The summed E-state index contributed by atoms with van der Waals surface area (Å²) in [5, 5.41) is 42.2. The molecule has 52 heavy (non-hydrogen) atoms. The molecule has 0 heterocycles. The SMILES string of the molecule is CCCCCCCC(=O)CCCCCC/C=C/C(C(=O)NC(Cc1ccc(OCC#CCC#CC(C)(C)C)cc1)C(=O)O)C(O)(CC(=O)O)C(=O)O. The topological polar surface area (TPSA) is 188 Å². The molecule has 1 rings (SSSR count). The second kappa shape index (κ2) is 24.6. The van der Waals surface area contributed by atoms with Crippen molar-refractivity contribution < 1.29 is 49.1 Å². The van der Waals surface area contributed by atoms with Crippen molar-refractivity contribution in [1.29, 1.82) is 0 Å². The minimum Gasteiger partial charge on any atom is -0.481 e. The molecule has 0 bridgehead atoms. The fourth-order valence-electron chi connectivity index (χ4n) is 5.24. The number of carbonyl (C=O) groups is 5. The number of carboxylic acid groups (broad SMARTS) is 3. The summed E-state index contributed by atoms with van der Waals surface area (Å²) in [4.78, 5) is 61.2. The molecule has 0 aliphatic rings. The van der Waals surface area contributed by atoms with Crippen molar-refractivity contribution >= 4 is 29.6 Å². The number of nitrogens with one attached hydrogen (secondary N) is 1. The van der Waals surface area contributed by atoms with Crippen molar-refractivity contribution in [2.45, 2.75) is 136 Å². The third-order valence-corrected chi connectivity index (χ3v) is 8.11. The van der Waals surface area contributed by atoms with E-state index in [1.807, 2.05) is 20.8 Å². The molecule has 11 heteroatoms. The number of ether oxygens (including phenoxy) is 1. The number of Topliss-reactive ketones (excluding diaryl/α,β-unsaturated/α-hetero) is 1. The largest absolute Gasteiger partial charge is 0.481 e. The van der Waals surface area contributed by atoms with Crippen LogP contribution in [0.15, 0.2) is 36.4 Å². The van der Waals surface area contributed by atoms with Crippen molar-refractivity contribution in [1.82, 2.24) is 5.32 Å². The maximum atomic E-state index is 13.4. The van der Waals surface area contributed by atoms with E-state index in [4.69, 9.17) is 4.74 Å². The van der Waals surface area contributed by atoms with Gasteiger partial charge in [-0.05, 0) is 64.2 Å². The number of allylic oxidation sites excluding steroid dienone is 1. The maximum absolute atomic E-state index is 13.4. The van der Waals surface area contributed by atoms with E-state index in [2.05, 4.69) is 35.9 Å². The predicted molar refractivity (Wildman–Crippen MR) is 198 cm³/mol. The lowest BCUT2D eigenvalue weighted by molar-refractivity contribution is -0.172. The summed E-state index contributed by atoms with van der Waals surface area (Å²) in [5.74, 6) is 4.60. The van der Waals surface area contributed by atoms with Crippen LogP contribution >= 0.6 is 0 Å². The van der Waals surface area contributed by atoms with Gasteiger partial charge in [0.05, 0.1) is 18.8 Å². The van der Waals surface area contributed by atoms with E-state index >= 15 is 0 Å². The zero-order chi connectivity index (χ0) is 39.0.